The summed E-state index contributed by atoms with van der Waals surface area (Å²) in [7, 11) is 3.19. The highest BCUT2D eigenvalue weighted by atomic mass is 35.5. The molecule has 2 aromatic rings. The first-order valence-corrected chi connectivity index (χ1v) is 5.47. The predicted octanol–water partition coefficient (Wildman–Crippen LogP) is 3.06. The molecule has 0 aliphatic carbocycles. The third kappa shape index (κ3) is 2.22. The van der Waals surface area contributed by atoms with Gasteiger partial charge in [0.1, 0.15) is 5.75 Å². The number of hydrogen-bond donors (Lipinski definition) is 1. The minimum absolute atomic E-state index is 0.458. The largest absolute Gasteiger partial charge is 0.496 e. The van der Waals surface area contributed by atoms with Crippen LogP contribution in [-0.4, -0.2) is 24.2 Å². The molecule has 0 saturated carbocycles. The average molecular weight is 253 g/mol. The molecule has 1 aromatic heterocycles. The van der Waals surface area contributed by atoms with Crippen LogP contribution in [0.25, 0.3) is 11.3 Å². The number of hydrogen-bond acceptors (Lipinski definition) is 3. The molecule has 0 unspecified atom stereocenters. The summed E-state index contributed by atoms with van der Waals surface area (Å²) in [6.07, 6.45) is 1.69. The van der Waals surface area contributed by atoms with Gasteiger partial charge in [-0.1, -0.05) is 11.6 Å². The van der Waals surface area contributed by atoms with E-state index in [0.29, 0.717) is 11.0 Å². The molecular formula is C12H13ClN2O2. The molecule has 0 amide bonds. The van der Waals surface area contributed by atoms with E-state index < -0.39 is 0 Å². The summed E-state index contributed by atoms with van der Waals surface area (Å²) >= 11 is 6.05. The lowest BCUT2D eigenvalue weighted by atomic mass is 10.1. The summed E-state index contributed by atoms with van der Waals surface area (Å²) in [5.41, 5.74) is 2.65. The van der Waals surface area contributed by atoms with E-state index in [4.69, 9.17) is 21.1 Å². The van der Waals surface area contributed by atoms with Crippen molar-refractivity contribution in [2.45, 2.75) is 6.92 Å². The van der Waals surface area contributed by atoms with Crippen LogP contribution in [0.15, 0.2) is 18.3 Å². The van der Waals surface area contributed by atoms with Gasteiger partial charge < -0.3 is 14.5 Å². The zero-order chi connectivity index (χ0) is 12.4. The molecule has 0 bridgehead atoms. The molecule has 2 rings (SSSR count). The minimum atomic E-state index is 0.458. The van der Waals surface area contributed by atoms with E-state index in [0.717, 1.165) is 22.6 Å². The van der Waals surface area contributed by atoms with Crippen LogP contribution in [0.2, 0.25) is 5.02 Å². The number of nitrogens with zero attached hydrogens (tertiary/aromatic N) is 1. The van der Waals surface area contributed by atoms with Gasteiger partial charge in [-0.3, -0.25) is 0 Å². The number of methoxy groups -OCH3 is 2. The number of rotatable bonds is 3. The van der Waals surface area contributed by atoms with Gasteiger partial charge in [-0.05, 0) is 24.6 Å². The lowest BCUT2D eigenvalue weighted by Crippen LogP contribution is -1.92. The lowest BCUT2D eigenvalue weighted by Gasteiger charge is -2.10. The van der Waals surface area contributed by atoms with Crippen LogP contribution in [0.5, 0.6) is 11.8 Å². The Morgan fingerprint density at radius 3 is 2.59 bits per heavy atom. The summed E-state index contributed by atoms with van der Waals surface area (Å²) in [5, 5.41) is 0.659. The van der Waals surface area contributed by atoms with Crippen molar-refractivity contribution in [2.75, 3.05) is 14.2 Å². The summed E-state index contributed by atoms with van der Waals surface area (Å²) < 4.78 is 10.4. The number of aromatic amines is 1. The Morgan fingerprint density at radius 2 is 2.00 bits per heavy atom. The zero-order valence-corrected chi connectivity index (χ0v) is 10.6. The van der Waals surface area contributed by atoms with Crippen molar-refractivity contribution in [2.24, 2.45) is 0 Å². The molecule has 17 heavy (non-hydrogen) atoms. The highest BCUT2D eigenvalue weighted by molar-refractivity contribution is 6.31. The van der Waals surface area contributed by atoms with Crippen LogP contribution >= 0.6 is 11.6 Å². The fraction of sp³-hybridized carbons (Fsp3) is 0.250. The van der Waals surface area contributed by atoms with Gasteiger partial charge in [0.15, 0.2) is 0 Å². The minimum Gasteiger partial charge on any atom is -0.496 e. The Balaban J connectivity index is 2.57. The first-order valence-electron chi connectivity index (χ1n) is 5.09. The normalized spacial score (nSPS) is 10.4. The Hall–Kier alpha value is -1.68. The van der Waals surface area contributed by atoms with Gasteiger partial charge in [-0.15, -0.1) is 0 Å². The highest BCUT2D eigenvalue weighted by Crippen LogP contribution is 2.35. The van der Waals surface area contributed by atoms with Gasteiger partial charge in [0.25, 0.3) is 6.01 Å². The number of ether oxygens (including phenoxy) is 2. The molecule has 0 spiro atoms. The summed E-state index contributed by atoms with van der Waals surface area (Å²) in [5.74, 6) is 0.778. The molecule has 0 fully saturated rings. The molecule has 5 heteroatoms. The maximum atomic E-state index is 6.05. The van der Waals surface area contributed by atoms with Gasteiger partial charge in [-0.2, -0.15) is 0 Å². The van der Waals surface area contributed by atoms with Crippen molar-refractivity contribution in [1.29, 1.82) is 0 Å². The van der Waals surface area contributed by atoms with E-state index in [9.17, 15) is 0 Å². The van der Waals surface area contributed by atoms with Crippen LogP contribution in [0, 0.1) is 6.92 Å². The van der Waals surface area contributed by atoms with E-state index in [1.807, 2.05) is 19.1 Å². The van der Waals surface area contributed by atoms with Gasteiger partial charge in [-0.25, -0.2) is 4.98 Å². The molecule has 1 heterocycles. The second-order valence-corrected chi connectivity index (χ2v) is 4.05. The van der Waals surface area contributed by atoms with E-state index >= 15 is 0 Å². The van der Waals surface area contributed by atoms with E-state index in [1.165, 1.54) is 0 Å². The smallest absolute Gasteiger partial charge is 0.293 e. The van der Waals surface area contributed by atoms with Gasteiger partial charge in [0.2, 0.25) is 0 Å². The van der Waals surface area contributed by atoms with Crippen molar-refractivity contribution in [1.82, 2.24) is 9.97 Å². The molecule has 4 nitrogen and oxygen atoms in total. The summed E-state index contributed by atoms with van der Waals surface area (Å²) in [6, 6.07) is 4.15. The van der Waals surface area contributed by atoms with Crippen LogP contribution in [-0.2, 0) is 0 Å². The van der Waals surface area contributed by atoms with Crippen molar-refractivity contribution in [3.63, 3.8) is 0 Å². The lowest BCUT2D eigenvalue weighted by molar-refractivity contribution is 0.384. The molecule has 0 aliphatic rings. The molecule has 0 atom stereocenters. The van der Waals surface area contributed by atoms with Crippen LogP contribution in [0.1, 0.15) is 5.56 Å². The Morgan fingerprint density at radius 1 is 1.24 bits per heavy atom. The fourth-order valence-corrected chi connectivity index (χ4v) is 2.02. The van der Waals surface area contributed by atoms with Gasteiger partial charge in [0.05, 0.1) is 26.1 Å². The van der Waals surface area contributed by atoms with Gasteiger partial charge in [0, 0.05) is 10.6 Å². The maximum absolute atomic E-state index is 6.05. The Kier molecular flexibility index (Phi) is 3.24. The number of H-pyrrole nitrogens is 1. The molecular weight excluding hydrogens is 240 g/mol. The molecule has 1 N–H and O–H groups in total. The van der Waals surface area contributed by atoms with E-state index in [-0.39, 0.29) is 0 Å². The number of aromatic nitrogens is 2. The standard InChI is InChI=1S/C12H13ClN2O2/c1-7-4-8(13)5-9(11(7)16-2)10-6-14-12(15-10)17-3/h4-6H,1-3H3,(H,14,15). The van der Waals surface area contributed by atoms with Crippen molar-refractivity contribution in [3.05, 3.63) is 28.9 Å². The average Bonchev–Trinajstić information content (AvgIpc) is 2.76. The third-order valence-corrected chi connectivity index (χ3v) is 2.70. The van der Waals surface area contributed by atoms with Crippen molar-refractivity contribution >= 4 is 11.6 Å². The number of benzene rings is 1. The molecule has 90 valence electrons. The number of imidazole rings is 1. The first kappa shape index (κ1) is 11.8. The number of halogens is 1. The van der Waals surface area contributed by atoms with Crippen LogP contribution in [0.3, 0.4) is 0 Å². The van der Waals surface area contributed by atoms with Crippen molar-refractivity contribution in [3.8, 4) is 23.0 Å². The monoisotopic (exact) mass is 252 g/mol. The predicted molar refractivity (Wildman–Crippen MR) is 66.9 cm³/mol. The maximum Gasteiger partial charge on any atom is 0.293 e. The molecule has 1 aromatic carbocycles. The van der Waals surface area contributed by atoms with E-state index in [1.54, 1.807) is 20.4 Å². The van der Waals surface area contributed by atoms with Gasteiger partial charge >= 0.3 is 0 Å². The van der Waals surface area contributed by atoms with Crippen LogP contribution < -0.4 is 9.47 Å². The first-order chi connectivity index (χ1) is 8.15. The third-order valence-electron chi connectivity index (χ3n) is 2.48. The fourth-order valence-electron chi connectivity index (χ4n) is 1.74. The second-order valence-electron chi connectivity index (χ2n) is 3.61. The van der Waals surface area contributed by atoms with Crippen LogP contribution in [0.4, 0.5) is 0 Å². The SMILES string of the molecule is COc1ncc(-c2cc(Cl)cc(C)c2OC)[nH]1. The second kappa shape index (κ2) is 4.67. The van der Waals surface area contributed by atoms with Crippen molar-refractivity contribution < 1.29 is 9.47 Å². The summed E-state index contributed by atoms with van der Waals surface area (Å²) in [6.45, 7) is 1.95. The summed E-state index contributed by atoms with van der Waals surface area (Å²) in [4.78, 5) is 7.11. The molecule has 0 saturated heterocycles. The molecule has 0 aliphatic heterocycles. The number of nitrogens with one attached hydrogen (secondary N) is 1. The van der Waals surface area contributed by atoms with E-state index in [2.05, 4.69) is 9.97 Å². The zero-order valence-electron chi connectivity index (χ0n) is 9.87. The topological polar surface area (TPSA) is 47.1 Å². The molecule has 0 radical (unpaired) electrons. The quantitative estimate of drug-likeness (QED) is 0.913. The number of aryl methyl sites for hydroxylation is 1. The Labute approximate surface area is 105 Å². The highest BCUT2D eigenvalue weighted by Gasteiger charge is 2.12. The Bertz CT molecular complexity index is 537.